The smallest absolute Gasteiger partial charge is 0.198 e. The first-order valence-electron chi connectivity index (χ1n) is 6.07. The lowest BCUT2D eigenvalue weighted by atomic mass is 10.1. The van der Waals surface area contributed by atoms with Crippen LogP contribution in [0.1, 0.15) is 22.3 Å². The Morgan fingerprint density at radius 1 is 1.00 bits per heavy atom. The van der Waals surface area contributed by atoms with Crippen molar-refractivity contribution in [3.05, 3.63) is 58.2 Å². The average molecular weight is 273 g/mol. The summed E-state index contributed by atoms with van der Waals surface area (Å²) in [6.07, 6.45) is 0. The van der Waals surface area contributed by atoms with Crippen LogP contribution in [0.5, 0.6) is 11.5 Å². The molecule has 2 aromatic rings. The SMILES string of the molecule is Cc1cc(C)c(C)c(Oc2c(F)cc(C#N)cc2F)c1. The van der Waals surface area contributed by atoms with Crippen LogP contribution in [0.25, 0.3) is 0 Å². The number of aryl methyl sites for hydroxylation is 2. The predicted octanol–water partition coefficient (Wildman–Crippen LogP) is 4.55. The van der Waals surface area contributed by atoms with Gasteiger partial charge < -0.3 is 4.74 Å². The van der Waals surface area contributed by atoms with Crippen LogP contribution in [0, 0.1) is 43.7 Å². The molecule has 0 atom stereocenters. The maximum absolute atomic E-state index is 13.8. The zero-order chi connectivity index (χ0) is 14.9. The summed E-state index contributed by atoms with van der Waals surface area (Å²) in [5.74, 6) is -1.86. The fourth-order valence-electron chi connectivity index (χ4n) is 1.94. The van der Waals surface area contributed by atoms with E-state index in [1.54, 1.807) is 12.1 Å². The minimum Gasteiger partial charge on any atom is -0.451 e. The molecule has 0 spiro atoms. The van der Waals surface area contributed by atoms with E-state index in [1.807, 2.05) is 26.8 Å². The highest BCUT2D eigenvalue weighted by molar-refractivity contribution is 5.46. The summed E-state index contributed by atoms with van der Waals surface area (Å²) in [5, 5.41) is 8.66. The van der Waals surface area contributed by atoms with Crippen LogP contribution in [-0.4, -0.2) is 0 Å². The predicted molar refractivity (Wildman–Crippen MR) is 71.8 cm³/mol. The lowest BCUT2D eigenvalue weighted by Gasteiger charge is -2.13. The zero-order valence-corrected chi connectivity index (χ0v) is 11.4. The summed E-state index contributed by atoms with van der Waals surface area (Å²) in [5.41, 5.74) is 2.66. The van der Waals surface area contributed by atoms with Gasteiger partial charge in [0.2, 0.25) is 0 Å². The lowest BCUT2D eigenvalue weighted by molar-refractivity contribution is 0.404. The molecule has 0 N–H and O–H groups in total. The number of nitriles is 1. The van der Waals surface area contributed by atoms with Gasteiger partial charge >= 0.3 is 0 Å². The first-order chi connectivity index (χ1) is 9.42. The van der Waals surface area contributed by atoms with Crippen LogP contribution in [-0.2, 0) is 0 Å². The Bertz CT molecular complexity index is 694. The highest BCUT2D eigenvalue weighted by Crippen LogP contribution is 2.32. The van der Waals surface area contributed by atoms with Gasteiger partial charge in [0, 0.05) is 0 Å². The van der Waals surface area contributed by atoms with Crippen molar-refractivity contribution >= 4 is 0 Å². The first kappa shape index (κ1) is 14.0. The van der Waals surface area contributed by atoms with Crippen molar-refractivity contribution < 1.29 is 13.5 Å². The molecule has 2 nitrogen and oxygen atoms in total. The number of halogens is 2. The monoisotopic (exact) mass is 273 g/mol. The fourth-order valence-corrected chi connectivity index (χ4v) is 1.94. The van der Waals surface area contributed by atoms with Crippen molar-refractivity contribution in [3.8, 4) is 17.6 Å². The Labute approximate surface area is 116 Å². The first-order valence-corrected chi connectivity index (χ1v) is 6.07. The van der Waals surface area contributed by atoms with Gasteiger partial charge in [0.15, 0.2) is 17.4 Å². The average Bonchev–Trinajstić information content (AvgIpc) is 2.38. The minimum atomic E-state index is -0.889. The van der Waals surface area contributed by atoms with Crippen LogP contribution in [0.3, 0.4) is 0 Å². The molecule has 0 amide bonds. The number of nitrogens with zero attached hydrogens (tertiary/aromatic N) is 1. The molecule has 2 rings (SSSR count). The third kappa shape index (κ3) is 2.62. The van der Waals surface area contributed by atoms with Crippen LogP contribution >= 0.6 is 0 Å². The molecule has 0 bridgehead atoms. The van der Waals surface area contributed by atoms with Crippen molar-refractivity contribution in [2.45, 2.75) is 20.8 Å². The van der Waals surface area contributed by atoms with Crippen LogP contribution in [0.15, 0.2) is 24.3 Å². The largest absolute Gasteiger partial charge is 0.451 e. The molecule has 102 valence electrons. The summed E-state index contributed by atoms with van der Waals surface area (Å²) in [6.45, 7) is 5.61. The molecule has 2 aromatic carbocycles. The summed E-state index contributed by atoms with van der Waals surface area (Å²) < 4.78 is 33.0. The normalized spacial score (nSPS) is 10.2. The minimum absolute atomic E-state index is 0.0792. The Kier molecular flexibility index (Phi) is 3.71. The Morgan fingerprint density at radius 3 is 2.15 bits per heavy atom. The van der Waals surface area contributed by atoms with E-state index in [9.17, 15) is 8.78 Å². The summed E-state index contributed by atoms with van der Waals surface area (Å²) in [6, 6.07) is 7.29. The van der Waals surface area contributed by atoms with Gasteiger partial charge in [-0.15, -0.1) is 0 Å². The van der Waals surface area contributed by atoms with Crippen LogP contribution in [0.4, 0.5) is 8.78 Å². The highest BCUT2D eigenvalue weighted by Gasteiger charge is 2.15. The molecular weight excluding hydrogens is 260 g/mol. The molecule has 0 fully saturated rings. The summed E-state index contributed by atoms with van der Waals surface area (Å²) in [4.78, 5) is 0. The molecule has 0 heterocycles. The maximum Gasteiger partial charge on any atom is 0.198 e. The molecular formula is C16H13F2NO. The second-order valence-corrected chi connectivity index (χ2v) is 4.69. The highest BCUT2D eigenvalue weighted by atomic mass is 19.1. The molecule has 0 aromatic heterocycles. The van der Waals surface area contributed by atoms with E-state index < -0.39 is 17.4 Å². The zero-order valence-electron chi connectivity index (χ0n) is 11.4. The number of benzene rings is 2. The van der Waals surface area contributed by atoms with E-state index in [0.717, 1.165) is 28.8 Å². The molecule has 0 unspecified atom stereocenters. The van der Waals surface area contributed by atoms with Gasteiger partial charge in [-0.3, -0.25) is 0 Å². The van der Waals surface area contributed by atoms with E-state index in [4.69, 9.17) is 10.00 Å². The summed E-state index contributed by atoms with van der Waals surface area (Å²) in [7, 11) is 0. The number of ether oxygens (including phenoxy) is 1. The standard InChI is InChI=1S/C16H13F2NO/c1-9-4-10(2)11(3)15(5-9)20-16-13(17)6-12(8-19)7-14(16)18/h4-7H,1-3H3. The van der Waals surface area contributed by atoms with E-state index in [0.29, 0.717) is 5.75 Å². The van der Waals surface area contributed by atoms with E-state index in [1.165, 1.54) is 0 Å². The van der Waals surface area contributed by atoms with Gasteiger partial charge in [-0.25, -0.2) is 8.78 Å². The second-order valence-electron chi connectivity index (χ2n) is 4.69. The third-order valence-electron chi connectivity index (χ3n) is 3.10. The molecule has 0 saturated carbocycles. The second kappa shape index (κ2) is 5.30. The van der Waals surface area contributed by atoms with Crippen LogP contribution in [0.2, 0.25) is 0 Å². The topological polar surface area (TPSA) is 33.0 Å². The molecule has 0 saturated heterocycles. The Balaban J connectivity index is 2.49. The van der Waals surface area contributed by atoms with Gasteiger partial charge in [-0.1, -0.05) is 6.07 Å². The van der Waals surface area contributed by atoms with E-state index in [2.05, 4.69) is 0 Å². The molecule has 0 aliphatic rings. The quantitative estimate of drug-likeness (QED) is 0.804. The lowest BCUT2D eigenvalue weighted by Crippen LogP contribution is -1.97. The van der Waals surface area contributed by atoms with Gasteiger partial charge in [0.1, 0.15) is 5.75 Å². The molecule has 0 aliphatic heterocycles. The van der Waals surface area contributed by atoms with Crippen molar-refractivity contribution in [1.82, 2.24) is 0 Å². The van der Waals surface area contributed by atoms with Gasteiger partial charge in [0.05, 0.1) is 11.6 Å². The summed E-state index contributed by atoms with van der Waals surface area (Å²) >= 11 is 0. The Hall–Kier alpha value is -2.41. The molecule has 0 radical (unpaired) electrons. The molecule has 20 heavy (non-hydrogen) atoms. The van der Waals surface area contributed by atoms with E-state index in [-0.39, 0.29) is 5.56 Å². The van der Waals surface area contributed by atoms with Gasteiger partial charge in [-0.2, -0.15) is 5.26 Å². The number of hydrogen-bond acceptors (Lipinski definition) is 2. The molecule has 4 heteroatoms. The van der Waals surface area contributed by atoms with Gasteiger partial charge in [0.25, 0.3) is 0 Å². The maximum atomic E-state index is 13.8. The van der Waals surface area contributed by atoms with Crippen molar-refractivity contribution in [2.24, 2.45) is 0 Å². The van der Waals surface area contributed by atoms with Crippen molar-refractivity contribution in [3.63, 3.8) is 0 Å². The van der Waals surface area contributed by atoms with Crippen molar-refractivity contribution in [2.75, 3.05) is 0 Å². The van der Waals surface area contributed by atoms with Crippen molar-refractivity contribution in [1.29, 1.82) is 5.26 Å². The fraction of sp³-hybridized carbons (Fsp3) is 0.188. The number of rotatable bonds is 2. The van der Waals surface area contributed by atoms with Gasteiger partial charge in [-0.05, 0) is 55.7 Å². The van der Waals surface area contributed by atoms with E-state index >= 15 is 0 Å². The molecule has 0 aliphatic carbocycles. The van der Waals surface area contributed by atoms with Crippen LogP contribution < -0.4 is 4.74 Å². The Morgan fingerprint density at radius 2 is 1.60 bits per heavy atom. The third-order valence-corrected chi connectivity index (χ3v) is 3.10. The number of hydrogen-bond donors (Lipinski definition) is 0.